The Hall–Kier alpha value is -1.52. The van der Waals surface area contributed by atoms with Crippen LogP contribution in [0.4, 0.5) is 0 Å². The summed E-state index contributed by atoms with van der Waals surface area (Å²) < 4.78 is 0. The summed E-state index contributed by atoms with van der Waals surface area (Å²) in [7, 11) is 0. The number of nitrogens with one attached hydrogen (secondary N) is 1. The van der Waals surface area contributed by atoms with Crippen molar-refractivity contribution in [2.75, 3.05) is 6.54 Å². The average molecular weight is 272 g/mol. The number of fused-ring (bicyclic) bond motifs is 1. The highest BCUT2D eigenvalue weighted by molar-refractivity contribution is 7.09. The minimum absolute atomic E-state index is 0.0332. The molecule has 4 heteroatoms. The third-order valence-electron chi connectivity index (χ3n) is 3.48. The van der Waals surface area contributed by atoms with Crippen molar-refractivity contribution in [1.82, 2.24) is 10.3 Å². The van der Waals surface area contributed by atoms with E-state index < -0.39 is 0 Å². The van der Waals surface area contributed by atoms with Crippen LogP contribution in [0.1, 0.15) is 27.7 Å². The van der Waals surface area contributed by atoms with E-state index in [0.29, 0.717) is 6.42 Å². The van der Waals surface area contributed by atoms with Crippen molar-refractivity contribution in [3.05, 3.63) is 51.5 Å². The zero-order chi connectivity index (χ0) is 13.2. The molecule has 0 bridgehead atoms. The monoisotopic (exact) mass is 272 g/mol. The van der Waals surface area contributed by atoms with E-state index in [4.69, 9.17) is 0 Å². The van der Waals surface area contributed by atoms with E-state index in [9.17, 15) is 4.79 Å². The van der Waals surface area contributed by atoms with Gasteiger partial charge in [-0.05, 0) is 18.1 Å². The second-order valence-electron chi connectivity index (χ2n) is 4.91. The van der Waals surface area contributed by atoms with Gasteiger partial charge in [0.1, 0.15) is 10.8 Å². The molecule has 0 spiro atoms. The lowest BCUT2D eigenvalue weighted by molar-refractivity contribution is -0.119. The molecule has 0 saturated heterocycles. The molecule has 1 aromatic heterocycles. The van der Waals surface area contributed by atoms with Gasteiger partial charge < -0.3 is 5.32 Å². The van der Waals surface area contributed by atoms with Crippen LogP contribution >= 0.6 is 11.3 Å². The van der Waals surface area contributed by atoms with E-state index in [2.05, 4.69) is 22.4 Å². The molecule has 1 atom stereocenters. The van der Waals surface area contributed by atoms with Gasteiger partial charge in [0.15, 0.2) is 0 Å². The number of carbonyl (C=O) groups is 1. The predicted octanol–water partition coefficient (Wildman–Crippen LogP) is 2.45. The van der Waals surface area contributed by atoms with Crippen LogP contribution in [-0.2, 0) is 17.8 Å². The maximum Gasteiger partial charge on any atom is 0.148 e. The molecule has 0 amide bonds. The van der Waals surface area contributed by atoms with Crippen molar-refractivity contribution >= 4 is 17.1 Å². The molecule has 2 heterocycles. The summed E-state index contributed by atoms with van der Waals surface area (Å²) in [5.74, 6) is 0.225. The zero-order valence-corrected chi connectivity index (χ0v) is 11.7. The van der Waals surface area contributed by atoms with Crippen LogP contribution in [0.3, 0.4) is 0 Å². The Morgan fingerprint density at radius 1 is 1.47 bits per heavy atom. The lowest BCUT2D eigenvalue weighted by Gasteiger charge is -2.25. The Morgan fingerprint density at radius 2 is 2.32 bits per heavy atom. The minimum Gasteiger partial charge on any atom is -0.312 e. The van der Waals surface area contributed by atoms with Gasteiger partial charge in [0, 0.05) is 24.2 Å². The molecule has 1 aliphatic heterocycles. The first-order valence-electron chi connectivity index (χ1n) is 6.46. The van der Waals surface area contributed by atoms with Crippen LogP contribution in [0, 0.1) is 6.92 Å². The average Bonchev–Trinajstić information content (AvgIpc) is 2.83. The molecule has 3 nitrogen and oxygen atoms in total. The summed E-state index contributed by atoms with van der Waals surface area (Å²) in [4.78, 5) is 16.8. The van der Waals surface area contributed by atoms with E-state index in [1.165, 1.54) is 11.1 Å². The molecule has 0 aliphatic carbocycles. The highest BCUT2D eigenvalue weighted by Crippen LogP contribution is 2.26. The highest BCUT2D eigenvalue weighted by Gasteiger charge is 2.26. The SMILES string of the molecule is Cc1csc(CC(=O)C2CNCc3ccccc32)n1. The van der Waals surface area contributed by atoms with E-state index in [0.717, 1.165) is 23.8 Å². The van der Waals surface area contributed by atoms with Gasteiger partial charge in [-0.1, -0.05) is 24.3 Å². The van der Waals surface area contributed by atoms with Gasteiger partial charge in [0.2, 0.25) is 0 Å². The summed E-state index contributed by atoms with van der Waals surface area (Å²) in [6, 6.07) is 8.21. The summed E-state index contributed by atoms with van der Waals surface area (Å²) in [6.45, 7) is 3.55. The van der Waals surface area contributed by atoms with Gasteiger partial charge in [0.25, 0.3) is 0 Å². The number of nitrogens with zero attached hydrogens (tertiary/aromatic N) is 1. The maximum absolute atomic E-state index is 12.5. The lowest BCUT2D eigenvalue weighted by Crippen LogP contribution is -2.33. The van der Waals surface area contributed by atoms with Crippen molar-refractivity contribution in [1.29, 1.82) is 0 Å². The Morgan fingerprint density at radius 3 is 3.11 bits per heavy atom. The molecule has 1 aromatic carbocycles. The number of Topliss-reactive ketones (excluding diaryl/α,β-unsaturated/α-hetero) is 1. The standard InChI is InChI=1S/C15H16N2OS/c1-10-9-19-15(17-10)6-14(18)13-8-16-7-11-4-2-3-5-12(11)13/h2-5,9,13,16H,6-8H2,1H3. The molecular formula is C15H16N2OS. The van der Waals surface area contributed by atoms with Gasteiger partial charge in [-0.3, -0.25) is 4.79 Å². The van der Waals surface area contributed by atoms with E-state index in [-0.39, 0.29) is 11.7 Å². The topological polar surface area (TPSA) is 42.0 Å². The number of hydrogen-bond acceptors (Lipinski definition) is 4. The summed E-state index contributed by atoms with van der Waals surface area (Å²) in [6.07, 6.45) is 0.444. The smallest absolute Gasteiger partial charge is 0.148 e. The van der Waals surface area contributed by atoms with Crippen molar-refractivity contribution in [2.24, 2.45) is 0 Å². The molecule has 1 N–H and O–H groups in total. The molecule has 2 aromatic rings. The zero-order valence-electron chi connectivity index (χ0n) is 10.8. The summed E-state index contributed by atoms with van der Waals surface area (Å²) in [5, 5.41) is 6.24. The fraction of sp³-hybridized carbons (Fsp3) is 0.333. The molecular weight excluding hydrogens is 256 g/mol. The number of carbonyl (C=O) groups excluding carboxylic acids is 1. The number of ketones is 1. The Bertz CT molecular complexity index is 606. The lowest BCUT2D eigenvalue weighted by atomic mass is 9.87. The van der Waals surface area contributed by atoms with Crippen LogP contribution in [-0.4, -0.2) is 17.3 Å². The fourth-order valence-corrected chi connectivity index (χ4v) is 3.32. The molecule has 19 heavy (non-hydrogen) atoms. The molecule has 0 saturated carbocycles. The van der Waals surface area contributed by atoms with Gasteiger partial charge in [0.05, 0.1) is 12.3 Å². The molecule has 0 radical (unpaired) electrons. The van der Waals surface area contributed by atoms with Gasteiger partial charge in [-0.15, -0.1) is 11.3 Å². The van der Waals surface area contributed by atoms with Gasteiger partial charge in [-0.25, -0.2) is 4.98 Å². The quantitative estimate of drug-likeness (QED) is 0.933. The highest BCUT2D eigenvalue weighted by atomic mass is 32.1. The Balaban J connectivity index is 1.81. The van der Waals surface area contributed by atoms with Crippen LogP contribution < -0.4 is 5.32 Å². The minimum atomic E-state index is -0.0332. The number of rotatable bonds is 3. The van der Waals surface area contributed by atoms with E-state index >= 15 is 0 Å². The number of thiazole rings is 1. The third kappa shape index (κ3) is 2.60. The van der Waals surface area contributed by atoms with Crippen molar-refractivity contribution in [2.45, 2.75) is 25.8 Å². The second kappa shape index (κ2) is 5.23. The van der Waals surface area contributed by atoms with Crippen LogP contribution in [0.25, 0.3) is 0 Å². The normalized spacial score (nSPS) is 18.1. The molecule has 3 rings (SSSR count). The van der Waals surface area contributed by atoms with Gasteiger partial charge >= 0.3 is 0 Å². The van der Waals surface area contributed by atoms with Crippen molar-refractivity contribution in [3.63, 3.8) is 0 Å². The third-order valence-corrected chi connectivity index (χ3v) is 4.44. The fourth-order valence-electron chi connectivity index (χ4n) is 2.54. The van der Waals surface area contributed by atoms with E-state index in [1.54, 1.807) is 11.3 Å². The largest absolute Gasteiger partial charge is 0.312 e. The van der Waals surface area contributed by atoms with Crippen molar-refractivity contribution < 1.29 is 4.79 Å². The molecule has 1 aliphatic rings. The van der Waals surface area contributed by atoms with Crippen LogP contribution in [0.5, 0.6) is 0 Å². The second-order valence-corrected chi connectivity index (χ2v) is 5.85. The molecule has 0 fully saturated rings. The van der Waals surface area contributed by atoms with E-state index in [1.807, 2.05) is 24.4 Å². The maximum atomic E-state index is 12.5. The van der Waals surface area contributed by atoms with Gasteiger partial charge in [-0.2, -0.15) is 0 Å². The number of aryl methyl sites for hydroxylation is 1. The first kappa shape index (κ1) is 12.5. The number of hydrogen-bond donors (Lipinski definition) is 1. The first-order chi connectivity index (χ1) is 9.24. The first-order valence-corrected chi connectivity index (χ1v) is 7.34. The molecule has 98 valence electrons. The van der Waals surface area contributed by atoms with Crippen molar-refractivity contribution in [3.8, 4) is 0 Å². The predicted molar refractivity (Wildman–Crippen MR) is 76.5 cm³/mol. The Kier molecular flexibility index (Phi) is 3.44. The van der Waals surface area contributed by atoms with Crippen LogP contribution in [0.15, 0.2) is 29.6 Å². The summed E-state index contributed by atoms with van der Waals surface area (Å²) >= 11 is 1.57. The number of benzene rings is 1. The summed E-state index contributed by atoms with van der Waals surface area (Å²) in [5.41, 5.74) is 3.41. The Labute approximate surface area is 116 Å². The number of aromatic nitrogens is 1. The molecule has 1 unspecified atom stereocenters. The van der Waals surface area contributed by atoms with Crippen LogP contribution in [0.2, 0.25) is 0 Å².